The second kappa shape index (κ2) is 22.1. The molecule has 0 aliphatic carbocycles. The summed E-state index contributed by atoms with van der Waals surface area (Å²) in [5, 5.41) is 3.56. The Kier molecular flexibility index (Phi) is 20.1. The van der Waals surface area contributed by atoms with Gasteiger partial charge in [0.1, 0.15) is 0 Å². The molecule has 0 atom stereocenters. The maximum atomic E-state index is 3.56. The van der Waals surface area contributed by atoms with Gasteiger partial charge in [0.2, 0.25) is 0 Å². The van der Waals surface area contributed by atoms with Crippen LogP contribution in [-0.2, 0) is 6.54 Å². The van der Waals surface area contributed by atoms with Crippen molar-refractivity contribution in [1.82, 2.24) is 5.32 Å². The van der Waals surface area contributed by atoms with Gasteiger partial charge in [0.05, 0.1) is 0 Å². The van der Waals surface area contributed by atoms with E-state index in [1.165, 1.54) is 137 Å². The van der Waals surface area contributed by atoms with Crippen LogP contribution in [0.4, 0.5) is 0 Å². The standard InChI is InChI=1S/C27H51NSi/c29-25-21-16-14-12-10-8-6-4-2-1-3-5-7-9-11-13-15-20-24-28-26-27-22-18-17-19-23-27/h17-19,22-23,28H,1-16,20-21,24-26H2,29H3. The van der Waals surface area contributed by atoms with Crippen molar-refractivity contribution in [2.45, 2.75) is 128 Å². The zero-order valence-electron chi connectivity index (χ0n) is 19.7. The Bertz CT molecular complexity index is 420. The number of nitrogens with one attached hydrogen (secondary N) is 1. The zero-order valence-corrected chi connectivity index (χ0v) is 21.7. The number of hydrogen-bond acceptors (Lipinski definition) is 1. The second-order valence-electron chi connectivity index (χ2n) is 9.03. The first-order valence-electron chi connectivity index (χ1n) is 13.2. The molecular formula is C27H51NSi. The summed E-state index contributed by atoms with van der Waals surface area (Å²) in [5.74, 6) is 0. The molecule has 1 aromatic rings. The highest BCUT2D eigenvalue weighted by Gasteiger charge is 1.96. The molecule has 0 heterocycles. The average Bonchev–Trinajstić information content (AvgIpc) is 2.75. The molecular weight excluding hydrogens is 366 g/mol. The lowest BCUT2D eigenvalue weighted by Gasteiger charge is -2.05. The van der Waals surface area contributed by atoms with E-state index in [1.807, 2.05) is 0 Å². The SMILES string of the molecule is [SiH3]CCCCCCCCCCCCCCCCCCCCNCc1ccccc1. The summed E-state index contributed by atoms with van der Waals surface area (Å²) >= 11 is 0. The third-order valence-corrected chi connectivity index (χ3v) is 6.84. The van der Waals surface area contributed by atoms with Crippen LogP contribution in [0.1, 0.15) is 121 Å². The van der Waals surface area contributed by atoms with Gasteiger partial charge in [0, 0.05) is 16.8 Å². The second-order valence-corrected chi connectivity index (χ2v) is 10.0. The highest BCUT2D eigenvalue weighted by atomic mass is 28.1. The van der Waals surface area contributed by atoms with Crippen molar-refractivity contribution >= 4 is 10.2 Å². The molecule has 2 heteroatoms. The van der Waals surface area contributed by atoms with Gasteiger partial charge in [-0.1, -0.05) is 146 Å². The van der Waals surface area contributed by atoms with Crippen molar-refractivity contribution in [2.24, 2.45) is 0 Å². The van der Waals surface area contributed by atoms with Gasteiger partial charge in [-0.2, -0.15) is 0 Å². The summed E-state index contributed by atoms with van der Waals surface area (Å²) in [7, 11) is 1.40. The monoisotopic (exact) mass is 417 g/mol. The Morgan fingerprint density at radius 2 is 0.862 bits per heavy atom. The molecule has 0 saturated heterocycles. The lowest BCUT2D eigenvalue weighted by molar-refractivity contribution is 0.522. The van der Waals surface area contributed by atoms with Crippen molar-refractivity contribution in [3.05, 3.63) is 35.9 Å². The van der Waals surface area contributed by atoms with Crippen molar-refractivity contribution < 1.29 is 0 Å². The van der Waals surface area contributed by atoms with Gasteiger partial charge < -0.3 is 5.32 Å². The molecule has 0 unspecified atom stereocenters. The van der Waals surface area contributed by atoms with Crippen LogP contribution < -0.4 is 5.32 Å². The molecule has 0 spiro atoms. The molecule has 1 rings (SSSR count). The Morgan fingerprint density at radius 1 is 0.483 bits per heavy atom. The van der Waals surface area contributed by atoms with E-state index in [2.05, 4.69) is 35.6 Å². The third-order valence-electron chi connectivity index (χ3n) is 6.13. The van der Waals surface area contributed by atoms with Crippen LogP contribution in [0.25, 0.3) is 0 Å². The minimum Gasteiger partial charge on any atom is -0.313 e. The van der Waals surface area contributed by atoms with Crippen LogP contribution in [0.2, 0.25) is 6.04 Å². The molecule has 168 valence electrons. The number of unbranched alkanes of at least 4 members (excludes halogenated alkanes) is 17. The third kappa shape index (κ3) is 19.1. The number of rotatable bonds is 22. The molecule has 29 heavy (non-hydrogen) atoms. The van der Waals surface area contributed by atoms with Crippen molar-refractivity contribution in [1.29, 1.82) is 0 Å². The molecule has 0 amide bonds. The summed E-state index contributed by atoms with van der Waals surface area (Å²) < 4.78 is 0. The molecule has 1 aromatic carbocycles. The number of benzene rings is 1. The first kappa shape index (κ1) is 26.4. The summed E-state index contributed by atoms with van der Waals surface area (Å²) in [6, 6.07) is 12.2. The van der Waals surface area contributed by atoms with Crippen molar-refractivity contribution in [3.8, 4) is 0 Å². The fraction of sp³-hybridized carbons (Fsp3) is 0.778. The first-order chi connectivity index (χ1) is 14.4. The van der Waals surface area contributed by atoms with E-state index in [0.717, 1.165) is 13.1 Å². The highest BCUT2D eigenvalue weighted by Crippen LogP contribution is 2.14. The lowest BCUT2D eigenvalue weighted by atomic mass is 10.0. The van der Waals surface area contributed by atoms with Crippen LogP contribution in [0, 0.1) is 0 Å². The average molecular weight is 418 g/mol. The largest absolute Gasteiger partial charge is 0.313 e. The topological polar surface area (TPSA) is 12.0 Å². The molecule has 0 aromatic heterocycles. The van der Waals surface area contributed by atoms with Crippen LogP contribution >= 0.6 is 0 Å². The van der Waals surface area contributed by atoms with Gasteiger partial charge in [-0.25, -0.2) is 0 Å². The maximum absolute atomic E-state index is 3.56. The predicted molar refractivity (Wildman–Crippen MR) is 136 cm³/mol. The van der Waals surface area contributed by atoms with E-state index in [0.29, 0.717) is 0 Å². The molecule has 0 fully saturated rings. The quantitative estimate of drug-likeness (QED) is 0.151. The Labute approximate surface area is 186 Å². The van der Waals surface area contributed by atoms with Gasteiger partial charge in [-0.05, 0) is 18.5 Å². The van der Waals surface area contributed by atoms with Crippen LogP contribution in [0.15, 0.2) is 30.3 Å². The Hall–Kier alpha value is -0.603. The predicted octanol–water partition coefficient (Wildman–Crippen LogP) is 7.58. The fourth-order valence-electron chi connectivity index (χ4n) is 4.16. The Balaban J connectivity index is 1.66. The van der Waals surface area contributed by atoms with Crippen LogP contribution in [-0.4, -0.2) is 16.8 Å². The molecule has 0 radical (unpaired) electrons. The Morgan fingerprint density at radius 3 is 1.28 bits per heavy atom. The summed E-state index contributed by atoms with van der Waals surface area (Å²) in [6.45, 7) is 2.18. The van der Waals surface area contributed by atoms with Gasteiger partial charge in [0.15, 0.2) is 0 Å². The summed E-state index contributed by atoms with van der Waals surface area (Å²) in [5.41, 5.74) is 1.39. The van der Waals surface area contributed by atoms with Crippen molar-refractivity contribution in [2.75, 3.05) is 6.54 Å². The molecule has 0 saturated carbocycles. The van der Waals surface area contributed by atoms with E-state index in [9.17, 15) is 0 Å². The fourth-order valence-corrected chi connectivity index (χ4v) is 4.66. The van der Waals surface area contributed by atoms with Gasteiger partial charge in [-0.3, -0.25) is 0 Å². The molecule has 1 N–H and O–H groups in total. The van der Waals surface area contributed by atoms with Crippen LogP contribution in [0.5, 0.6) is 0 Å². The van der Waals surface area contributed by atoms with Crippen LogP contribution in [0.3, 0.4) is 0 Å². The summed E-state index contributed by atoms with van der Waals surface area (Å²) in [6.07, 6.45) is 26.3. The first-order valence-corrected chi connectivity index (χ1v) is 14.6. The van der Waals surface area contributed by atoms with Gasteiger partial charge in [0.25, 0.3) is 0 Å². The van der Waals surface area contributed by atoms with E-state index in [4.69, 9.17) is 0 Å². The highest BCUT2D eigenvalue weighted by molar-refractivity contribution is 6.08. The van der Waals surface area contributed by atoms with Crippen molar-refractivity contribution in [3.63, 3.8) is 0 Å². The van der Waals surface area contributed by atoms with E-state index >= 15 is 0 Å². The minimum absolute atomic E-state index is 1.01. The van der Waals surface area contributed by atoms with E-state index in [-0.39, 0.29) is 0 Å². The molecule has 0 aliphatic heterocycles. The normalized spacial score (nSPS) is 11.3. The minimum atomic E-state index is 1.01. The smallest absolute Gasteiger partial charge is 0.0205 e. The zero-order chi connectivity index (χ0) is 20.7. The molecule has 1 nitrogen and oxygen atoms in total. The lowest BCUT2D eigenvalue weighted by Crippen LogP contribution is -2.14. The van der Waals surface area contributed by atoms with E-state index < -0.39 is 0 Å². The molecule has 0 bridgehead atoms. The van der Waals surface area contributed by atoms with Gasteiger partial charge in [-0.15, -0.1) is 0 Å². The van der Waals surface area contributed by atoms with E-state index in [1.54, 1.807) is 0 Å². The number of hydrogen-bond donors (Lipinski definition) is 1. The molecule has 0 aliphatic rings. The maximum Gasteiger partial charge on any atom is 0.0205 e. The summed E-state index contributed by atoms with van der Waals surface area (Å²) in [4.78, 5) is 0. The van der Waals surface area contributed by atoms with Gasteiger partial charge >= 0.3 is 0 Å².